The number of halogens is 2. The predicted molar refractivity (Wildman–Crippen MR) is 157 cm³/mol. The van der Waals surface area contributed by atoms with Crippen LogP contribution in [0.1, 0.15) is 40.2 Å². The molecule has 4 N–H and O–H groups in total. The third kappa shape index (κ3) is 7.31. The van der Waals surface area contributed by atoms with Crippen molar-refractivity contribution in [3.8, 4) is 0 Å². The summed E-state index contributed by atoms with van der Waals surface area (Å²) in [5.41, 5.74) is 8.79. The van der Waals surface area contributed by atoms with E-state index in [2.05, 4.69) is 57.5 Å². The molecule has 0 aromatic heterocycles. The SMILES string of the molecule is NCC[C@@H]1N[C@H](CNC(=O)c2ccc(Cl)c(I)c2)CCN(CC(c2ccccc2)c2ccccc2)C1=O. The second-order valence-corrected chi connectivity index (χ2v) is 10.8. The lowest BCUT2D eigenvalue weighted by Crippen LogP contribution is -2.49. The van der Waals surface area contributed by atoms with Crippen LogP contribution in [0.2, 0.25) is 5.02 Å². The van der Waals surface area contributed by atoms with Gasteiger partial charge >= 0.3 is 0 Å². The van der Waals surface area contributed by atoms with E-state index in [0.29, 0.717) is 43.2 Å². The van der Waals surface area contributed by atoms with Crippen LogP contribution in [-0.2, 0) is 4.79 Å². The van der Waals surface area contributed by atoms with E-state index in [-0.39, 0.29) is 23.8 Å². The highest BCUT2D eigenvalue weighted by Gasteiger charge is 2.32. The number of hydrogen-bond acceptors (Lipinski definition) is 4. The van der Waals surface area contributed by atoms with Crippen LogP contribution in [0.5, 0.6) is 0 Å². The van der Waals surface area contributed by atoms with Crippen LogP contribution in [-0.4, -0.2) is 55.0 Å². The van der Waals surface area contributed by atoms with E-state index in [9.17, 15) is 9.59 Å². The Bertz CT molecular complexity index is 1160. The zero-order valence-corrected chi connectivity index (χ0v) is 23.5. The number of rotatable bonds is 9. The molecule has 1 heterocycles. The molecule has 1 fully saturated rings. The molecule has 0 radical (unpaired) electrons. The minimum atomic E-state index is -0.391. The van der Waals surface area contributed by atoms with Crippen molar-refractivity contribution in [2.24, 2.45) is 5.73 Å². The lowest BCUT2D eigenvalue weighted by atomic mass is 9.90. The first-order chi connectivity index (χ1) is 18.0. The number of nitrogens with two attached hydrogens (primary N) is 1. The summed E-state index contributed by atoms with van der Waals surface area (Å²) < 4.78 is 0.829. The van der Waals surface area contributed by atoms with Crippen molar-refractivity contribution in [3.05, 3.63) is 104 Å². The van der Waals surface area contributed by atoms with Crippen molar-refractivity contribution in [2.75, 3.05) is 26.2 Å². The molecular weight excluding hydrogens is 599 g/mol. The van der Waals surface area contributed by atoms with E-state index < -0.39 is 6.04 Å². The third-order valence-corrected chi connectivity index (χ3v) is 8.29. The Hall–Kier alpha value is -2.46. The number of nitrogens with one attached hydrogen (secondary N) is 2. The van der Waals surface area contributed by atoms with E-state index >= 15 is 0 Å². The van der Waals surface area contributed by atoms with Gasteiger partial charge in [-0.15, -0.1) is 0 Å². The van der Waals surface area contributed by atoms with Crippen LogP contribution in [0.15, 0.2) is 78.9 Å². The molecule has 6 nitrogen and oxygen atoms in total. The van der Waals surface area contributed by atoms with Crippen molar-refractivity contribution >= 4 is 46.0 Å². The molecule has 0 spiro atoms. The predicted octanol–water partition coefficient (Wildman–Crippen LogP) is 4.41. The average Bonchev–Trinajstić information content (AvgIpc) is 3.07. The highest BCUT2D eigenvalue weighted by atomic mass is 127. The fraction of sp³-hybridized carbons (Fsp3) is 0.310. The molecule has 2 atom stereocenters. The number of nitrogens with zero attached hydrogens (tertiary/aromatic N) is 1. The summed E-state index contributed by atoms with van der Waals surface area (Å²) in [4.78, 5) is 28.3. The highest BCUT2D eigenvalue weighted by molar-refractivity contribution is 14.1. The Morgan fingerprint density at radius 1 is 1.08 bits per heavy atom. The van der Waals surface area contributed by atoms with Crippen molar-refractivity contribution < 1.29 is 9.59 Å². The van der Waals surface area contributed by atoms with Gasteiger partial charge < -0.3 is 21.3 Å². The summed E-state index contributed by atoms with van der Waals surface area (Å²) >= 11 is 8.21. The summed E-state index contributed by atoms with van der Waals surface area (Å²) in [6.45, 7) is 2.00. The van der Waals surface area contributed by atoms with Crippen molar-refractivity contribution in [2.45, 2.75) is 30.8 Å². The fourth-order valence-corrected chi connectivity index (χ4v) is 5.38. The molecule has 8 heteroatoms. The molecule has 3 aromatic rings. The van der Waals surface area contributed by atoms with Gasteiger partial charge in [-0.3, -0.25) is 9.59 Å². The maximum Gasteiger partial charge on any atom is 0.251 e. The Balaban J connectivity index is 1.48. The van der Waals surface area contributed by atoms with Gasteiger partial charge in [-0.25, -0.2) is 0 Å². The smallest absolute Gasteiger partial charge is 0.251 e. The van der Waals surface area contributed by atoms with Gasteiger partial charge in [-0.1, -0.05) is 72.3 Å². The monoisotopic (exact) mass is 630 g/mol. The zero-order chi connectivity index (χ0) is 26.2. The number of hydrogen-bond donors (Lipinski definition) is 3. The first-order valence-corrected chi connectivity index (χ1v) is 14.0. The Kier molecular flexibility index (Phi) is 9.96. The standard InChI is InChI=1S/C29H32ClIN4O2/c30-25-12-11-22(17-26(25)31)28(36)33-18-23-14-16-35(29(37)27(34-23)13-15-32)19-24(20-7-3-1-4-8-20)21-9-5-2-6-10-21/h1-12,17,23-24,27,34H,13-16,18-19,32H2,(H,33,36)/t23-,27-/m0/s1. The van der Waals surface area contributed by atoms with Gasteiger partial charge in [0.25, 0.3) is 5.91 Å². The van der Waals surface area contributed by atoms with Crippen molar-refractivity contribution in [3.63, 3.8) is 0 Å². The van der Waals surface area contributed by atoms with E-state index in [4.69, 9.17) is 17.3 Å². The molecule has 3 aromatic carbocycles. The maximum atomic E-state index is 13.6. The quantitative estimate of drug-likeness (QED) is 0.306. The topological polar surface area (TPSA) is 87.5 Å². The zero-order valence-electron chi connectivity index (χ0n) is 20.6. The molecule has 0 bridgehead atoms. The van der Waals surface area contributed by atoms with Gasteiger partial charge in [-0.05, 0) is 71.3 Å². The summed E-state index contributed by atoms with van der Waals surface area (Å²) in [5.74, 6) is -0.0377. The molecule has 0 saturated carbocycles. The van der Waals surface area contributed by atoms with Gasteiger partial charge in [0.2, 0.25) is 5.91 Å². The molecule has 1 aliphatic rings. The Labute approximate surface area is 237 Å². The number of amides is 2. The number of carbonyl (C=O) groups is 2. The lowest BCUT2D eigenvalue weighted by Gasteiger charge is -2.29. The largest absolute Gasteiger partial charge is 0.350 e. The molecule has 194 valence electrons. The molecule has 37 heavy (non-hydrogen) atoms. The van der Waals surface area contributed by atoms with Gasteiger partial charge in [0.1, 0.15) is 0 Å². The first-order valence-electron chi connectivity index (χ1n) is 12.5. The van der Waals surface area contributed by atoms with E-state index in [1.807, 2.05) is 41.3 Å². The van der Waals surface area contributed by atoms with Gasteiger partial charge in [0, 0.05) is 40.7 Å². The maximum absolute atomic E-state index is 13.6. The van der Waals surface area contributed by atoms with Crippen LogP contribution in [0.25, 0.3) is 0 Å². The van der Waals surface area contributed by atoms with E-state index in [0.717, 1.165) is 9.99 Å². The molecule has 1 saturated heterocycles. The van der Waals surface area contributed by atoms with Crippen LogP contribution in [0, 0.1) is 3.57 Å². The van der Waals surface area contributed by atoms with Crippen LogP contribution < -0.4 is 16.4 Å². The van der Waals surface area contributed by atoms with Crippen molar-refractivity contribution in [1.29, 1.82) is 0 Å². The first kappa shape index (κ1) is 27.6. The lowest BCUT2D eigenvalue weighted by molar-refractivity contribution is -0.133. The molecular formula is C29H32ClIN4O2. The second-order valence-electron chi connectivity index (χ2n) is 9.28. The molecule has 0 unspecified atom stereocenters. The minimum Gasteiger partial charge on any atom is -0.350 e. The van der Waals surface area contributed by atoms with Gasteiger partial charge in [0.05, 0.1) is 11.1 Å². The van der Waals surface area contributed by atoms with Crippen LogP contribution in [0.4, 0.5) is 0 Å². The van der Waals surface area contributed by atoms with Gasteiger partial charge in [-0.2, -0.15) is 0 Å². The highest BCUT2D eigenvalue weighted by Crippen LogP contribution is 2.27. The molecule has 2 amide bonds. The van der Waals surface area contributed by atoms with Crippen molar-refractivity contribution in [1.82, 2.24) is 15.5 Å². The van der Waals surface area contributed by atoms with E-state index in [1.54, 1.807) is 18.2 Å². The molecule has 1 aliphatic heterocycles. The summed E-state index contributed by atoms with van der Waals surface area (Å²) in [7, 11) is 0. The number of carbonyl (C=O) groups excluding carboxylic acids is 2. The van der Waals surface area contributed by atoms with E-state index in [1.165, 1.54) is 11.1 Å². The van der Waals surface area contributed by atoms with Gasteiger partial charge in [0.15, 0.2) is 0 Å². The van der Waals surface area contributed by atoms with Crippen LogP contribution in [0.3, 0.4) is 0 Å². The minimum absolute atomic E-state index is 0.0484. The Morgan fingerprint density at radius 2 is 1.73 bits per heavy atom. The third-order valence-electron chi connectivity index (χ3n) is 6.75. The number of benzene rings is 3. The van der Waals surface area contributed by atoms with Crippen LogP contribution >= 0.6 is 34.2 Å². The summed E-state index contributed by atoms with van der Waals surface area (Å²) in [5, 5.41) is 7.11. The average molecular weight is 631 g/mol. The second kappa shape index (κ2) is 13.4. The Morgan fingerprint density at radius 3 is 2.32 bits per heavy atom. The molecule has 4 rings (SSSR count). The summed E-state index contributed by atoms with van der Waals surface area (Å²) in [6.07, 6.45) is 1.26. The molecule has 0 aliphatic carbocycles. The fourth-order valence-electron chi connectivity index (χ4n) is 4.75. The summed E-state index contributed by atoms with van der Waals surface area (Å²) in [6, 6.07) is 25.4. The normalized spacial score (nSPS) is 18.1.